The fourth-order valence-electron chi connectivity index (χ4n) is 1.53. The minimum atomic E-state index is 0.190. The smallest absolute Gasteiger partial charge is 0.0674 e. The first-order chi connectivity index (χ1) is 6.33. The highest BCUT2D eigenvalue weighted by molar-refractivity contribution is 7.10. The molecule has 0 saturated heterocycles. The maximum absolute atomic E-state index is 9.30. The van der Waals surface area contributed by atoms with Crippen LogP contribution < -0.4 is 0 Å². The van der Waals surface area contributed by atoms with Crippen LogP contribution in [0.4, 0.5) is 0 Å². The molecule has 1 atom stereocenters. The molecule has 1 heterocycles. The Morgan fingerprint density at radius 3 is 2.54 bits per heavy atom. The van der Waals surface area contributed by atoms with E-state index in [0.717, 1.165) is 13.1 Å². The van der Waals surface area contributed by atoms with Crippen molar-refractivity contribution in [2.45, 2.75) is 19.9 Å². The Hall–Kier alpha value is -0.380. The molecule has 1 aromatic heterocycles. The molecular formula is C10H17NOS. The van der Waals surface area contributed by atoms with Gasteiger partial charge in [0.25, 0.3) is 0 Å². The van der Waals surface area contributed by atoms with Crippen molar-refractivity contribution < 1.29 is 5.11 Å². The molecule has 0 aliphatic heterocycles. The molecule has 0 spiro atoms. The standard InChI is InChI=1S/C10H17NOS/c1-3-11(4-2)9(8-12)10-6-5-7-13-10/h5-7,9,12H,3-4,8H2,1-2H3. The predicted octanol–water partition coefficient (Wildman–Crippen LogP) is 2.12. The van der Waals surface area contributed by atoms with E-state index in [1.807, 2.05) is 6.07 Å². The van der Waals surface area contributed by atoms with Crippen LogP contribution >= 0.6 is 11.3 Å². The lowest BCUT2D eigenvalue weighted by atomic mass is 10.2. The first-order valence-electron chi connectivity index (χ1n) is 4.71. The molecule has 0 saturated carbocycles. The van der Waals surface area contributed by atoms with E-state index >= 15 is 0 Å². The molecule has 1 rings (SSSR count). The van der Waals surface area contributed by atoms with Crippen LogP contribution in [0.3, 0.4) is 0 Å². The van der Waals surface area contributed by atoms with Gasteiger partial charge in [-0.3, -0.25) is 4.90 Å². The van der Waals surface area contributed by atoms with Crippen LogP contribution in [0, 0.1) is 0 Å². The number of aliphatic hydroxyl groups is 1. The van der Waals surface area contributed by atoms with E-state index in [-0.39, 0.29) is 12.6 Å². The highest BCUT2D eigenvalue weighted by Crippen LogP contribution is 2.23. The van der Waals surface area contributed by atoms with Gasteiger partial charge >= 0.3 is 0 Å². The topological polar surface area (TPSA) is 23.5 Å². The van der Waals surface area contributed by atoms with Crippen molar-refractivity contribution in [3.05, 3.63) is 22.4 Å². The third-order valence-electron chi connectivity index (χ3n) is 2.30. The van der Waals surface area contributed by atoms with E-state index in [0.29, 0.717) is 0 Å². The Balaban J connectivity index is 2.72. The monoisotopic (exact) mass is 199 g/mol. The van der Waals surface area contributed by atoms with Crippen LogP contribution in [0.25, 0.3) is 0 Å². The highest BCUT2D eigenvalue weighted by Gasteiger charge is 2.16. The molecule has 74 valence electrons. The molecular weight excluding hydrogens is 182 g/mol. The van der Waals surface area contributed by atoms with Crippen molar-refractivity contribution >= 4 is 11.3 Å². The number of hydrogen-bond donors (Lipinski definition) is 1. The zero-order chi connectivity index (χ0) is 9.68. The minimum Gasteiger partial charge on any atom is -0.394 e. The van der Waals surface area contributed by atoms with E-state index in [9.17, 15) is 5.11 Å². The summed E-state index contributed by atoms with van der Waals surface area (Å²) >= 11 is 1.71. The second-order valence-electron chi connectivity index (χ2n) is 2.94. The van der Waals surface area contributed by atoms with Gasteiger partial charge in [-0.2, -0.15) is 0 Å². The minimum absolute atomic E-state index is 0.190. The fraction of sp³-hybridized carbons (Fsp3) is 0.600. The van der Waals surface area contributed by atoms with Crippen molar-refractivity contribution in [2.75, 3.05) is 19.7 Å². The third-order valence-corrected chi connectivity index (χ3v) is 3.27. The molecule has 0 aromatic carbocycles. The number of likely N-dealkylation sites (N-methyl/N-ethyl adjacent to an activating group) is 1. The van der Waals surface area contributed by atoms with Gasteiger partial charge in [0.05, 0.1) is 12.6 Å². The zero-order valence-electron chi connectivity index (χ0n) is 8.23. The third kappa shape index (κ3) is 2.53. The van der Waals surface area contributed by atoms with Gasteiger partial charge in [0.1, 0.15) is 0 Å². The second-order valence-corrected chi connectivity index (χ2v) is 3.91. The Labute approximate surface area is 83.8 Å². The second kappa shape index (κ2) is 5.37. The van der Waals surface area contributed by atoms with Crippen molar-refractivity contribution in [1.82, 2.24) is 4.90 Å². The van der Waals surface area contributed by atoms with Crippen LogP contribution in [0.2, 0.25) is 0 Å². The van der Waals surface area contributed by atoms with E-state index < -0.39 is 0 Å². The number of hydrogen-bond acceptors (Lipinski definition) is 3. The van der Waals surface area contributed by atoms with Gasteiger partial charge in [0, 0.05) is 4.88 Å². The maximum atomic E-state index is 9.30. The van der Waals surface area contributed by atoms with Gasteiger partial charge in [0.15, 0.2) is 0 Å². The Morgan fingerprint density at radius 2 is 2.15 bits per heavy atom. The number of nitrogens with zero attached hydrogens (tertiary/aromatic N) is 1. The molecule has 13 heavy (non-hydrogen) atoms. The summed E-state index contributed by atoms with van der Waals surface area (Å²) in [4.78, 5) is 3.53. The molecule has 1 N–H and O–H groups in total. The van der Waals surface area contributed by atoms with Gasteiger partial charge in [-0.1, -0.05) is 19.9 Å². The van der Waals surface area contributed by atoms with E-state index in [2.05, 4.69) is 30.2 Å². The van der Waals surface area contributed by atoms with E-state index in [1.165, 1.54) is 4.88 Å². The van der Waals surface area contributed by atoms with Gasteiger partial charge in [0.2, 0.25) is 0 Å². The number of rotatable bonds is 5. The molecule has 1 unspecified atom stereocenters. The maximum Gasteiger partial charge on any atom is 0.0674 e. The molecule has 2 nitrogen and oxygen atoms in total. The molecule has 0 aliphatic carbocycles. The van der Waals surface area contributed by atoms with E-state index in [1.54, 1.807) is 11.3 Å². The normalized spacial score (nSPS) is 13.5. The Bertz CT molecular complexity index is 219. The average molecular weight is 199 g/mol. The Kier molecular flexibility index (Phi) is 4.42. The average Bonchev–Trinajstić information content (AvgIpc) is 2.66. The van der Waals surface area contributed by atoms with Crippen LogP contribution in [0.15, 0.2) is 17.5 Å². The molecule has 0 aliphatic rings. The summed E-state index contributed by atoms with van der Waals surface area (Å²) in [5.74, 6) is 0. The zero-order valence-corrected chi connectivity index (χ0v) is 9.05. The molecule has 0 fully saturated rings. The highest BCUT2D eigenvalue weighted by atomic mass is 32.1. The lowest BCUT2D eigenvalue weighted by Gasteiger charge is -2.26. The largest absolute Gasteiger partial charge is 0.394 e. The first kappa shape index (κ1) is 10.7. The predicted molar refractivity (Wildman–Crippen MR) is 57.1 cm³/mol. The molecule has 3 heteroatoms. The molecule has 0 amide bonds. The fourth-order valence-corrected chi connectivity index (χ4v) is 2.38. The van der Waals surface area contributed by atoms with Crippen LogP contribution in [0.1, 0.15) is 24.8 Å². The number of aliphatic hydroxyl groups excluding tert-OH is 1. The van der Waals surface area contributed by atoms with Crippen LogP contribution in [0.5, 0.6) is 0 Å². The van der Waals surface area contributed by atoms with Crippen molar-refractivity contribution in [3.63, 3.8) is 0 Å². The summed E-state index contributed by atoms with van der Waals surface area (Å²) in [6.45, 7) is 6.43. The van der Waals surface area contributed by atoms with Crippen molar-refractivity contribution in [2.24, 2.45) is 0 Å². The van der Waals surface area contributed by atoms with Gasteiger partial charge < -0.3 is 5.11 Å². The SMILES string of the molecule is CCN(CC)C(CO)c1cccs1. The molecule has 0 bridgehead atoms. The summed E-state index contributed by atoms with van der Waals surface area (Å²) in [5.41, 5.74) is 0. The Morgan fingerprint density at radius 1 is 1.46 bits per heavy atom. The summed E-state index contributed by atoms with van der Waals surface area (Å²) in [6.07, 6.45) is 0. The first-order valence-corrected chi connectivity index (χ1v) is 5.59. The van der Waals surface area contributed by atoms with Crippen molar-refractivity contribution in [1.29, 1.82) is 0 Å². The van der Waals surface area contributed by atoms with Crippen molar-refractivity contribution in [3.8, 4) is 0 Å². The molecule has 1 aromatic rings. The quantitative estimate of drug-likeness (QED) is 0.785. The summed E-state index contributed by atoms with van der Waals surface area (Å²) < 4.78 is 0. The van der Waals surface area contributed by atoms with E-state index in [4.69, 9.17) is 0 Å². The van der Waals surface area contributed by atoms with Crippen LogP contribution in [-0.4, -0.2) is 29.7 Å². The lowest BCUT2D eigenvalue weighted by Crippen LogP contribution is -2.30. The number of thiophene rings is 1. The van der Waals surface area contributed by atoms with Gasteiger partial charge in [-0.25, -0.2) is 0 Å². The van der Waals surface area contributed by atoms with Gasteiger partial charge in [-0.05, 0) is 24.5 Å². The lowest BCUT2D eigenvalue weighted by molar-refractivity contribution is 0.136. The molecule has 0 radical (unpaired) electrons. The summed E-state index contributed by atoms with van der Waals surface area (Å²) in [6, 6.07) is 4.31. The van der Waals surface area contributed by atoms with Crippen LogP contribution in [-0.2, 0) is 0 Å². The summed E-state index contributed by atoms with van der Waals surface area (Å²) in [5, 5.41) is 11.4. The summed E-state index contributed by atoms with van der Waals surface area (Å²) in [7, 11) is 0. The van der Waals surface area contributed by atoms with Gasteiger partial charge in [-0.15, -0.1) is 11.3 Å².